The molecule has 6 nitrogen and oxygen atoms in total. The van der Waals surface area contributed by atoms with Crippen LogP contribution in [0.4, 0.5) is 4.79 Å². The van der Waals surface area contributed by atoms with Crippen molar-refractivity contribution in [2.45, 2.75) is 45.2 Å². The second-order valence-corrected chi connectivity index (χ2v) is 8.60. The molecule has 3 unspecified atom stereocenters. The van der Waals surface area contributed by atoms with E-state index in [4.69, 9.17) is 0 Å². The van der Waals surface area contributed by atoms with Gasteiger partial charge in [-0.05, 0) is 43.7 Å². The van der Waals surface area contributed by atoms with Gasteiger partial charge in [-0.2, -0.15) is 0 Å². The van der Waals surface area contributed by atoms with Crippen LogP contribution in [0.1, 0.15) is 36.0 Å². The van der Waals surface area contributed by atoms with Gasteiger partial charge in [0.2, 0.25) is 11.8 Å². The van der Waals surface area contributed by atoms with Crippen LogP contribution in [0.15, 0.2) is 54.6 Å². The summed E-state index contributed by atoms with van der Waals surface area (Å²) < 4.78 is 0. The van der Waals surface area contributed by atoms with Crippen LogP contribution in [0.3, 0.4) is 0 Å². The number of aryl methyl sites for hydroxylation is 1. The van der Waals surface area contributed by atoms with Crippen LogP contribution in [0.2, 0.25) is 0 Å². The zero-order valence-electron chi connectivity index (χ0n) is 17.8. The molecule has 2 aromatic carbocycles. The Labute approximate surface area is 183 Å². The summed E-state index contributed by atoms with van der Waals surface area (Å²) in [6, 6.07) is 17.3. The molecule has 0 bridgehead atoms. The predicted molar refractivity (Wildman–Crippen MR) is 118 cm³/mol. The van der Waals surface area contributed by atoms with Crippen molar-refractivity contribution in [2.24, 2.45) is 11.8 Å². The van der Waals surface area contributed by atoms with Crippen molar-refractivity contribution in [3.05, 3.63) is 71.3 Å². The Bertz CT molecular complexity index is 942. The molecule has 6 heteroatoms. The lowest BCUT2D eigenvalue weighted by Gasteiger charge is -2.42. The van der Waals surface area contributed by atoms with E-state index < -0.39 is 0 Å². The van der Waals surface area contributed by atoms with E-state index in [0.29, 0.717) is 38.8 Å². The van der Waals surface area contributed by atoms with Crippen molar-refractivity contribution in [2.75, 3.05) is 6.54 Å². The normalized spacial score (nSPS) is 23.1. The first-order valence-corrected chi connectivity index (χ1v) is 11.0. The van der Waals surface area contributed by atoms with Crippen LogP contribution in [0, 0.1) is 18.8 Å². The van der Waals surface area contributed by atoms with Crippen molar-refractivity contribution in [3.8, 4) is 0 Å². The van der Waals surface area contributed by atoms with Crippen molar-refractivity contribution >= 4 is 17.8 Å². The number of carbonyl (C=O) groups excluding carboxylic acids is 3. The molecule has 4 rings (SSSR count). The van der Waals surface area contributed by atoms with Crippen LogP contribution in [0.25, 0.3) is 0 Å². The smallest absolute Gasteiger partial charge is 0.324 e. The van der Waals surface area contributed by atoms with E-state index in [0.717, 1.165) is 11.1 Å². The maximum absolute atomic E-state index is 13.0. The van der Waals surface area contributed by atoms with Gasteiger partial charge in [0.05, 0.1) is 5.92 Å². The first-order valence-electron chi connectivity index (χ1n) is 11.0. The lowest BCUT2D eigenvalue weighted by Crippen LogP contribution is -2.62. The van der Waals surface area contributed by atoms with E-state index in [1.54, 1.807) is 0 Å². The molecule has 3 atom stereocenters. The summed E-state index contributed by atoms with van der Waals surface area (Å²) in [5, 5.41) is 5.99. The first kappa shape index (κ1) is 21.1. The summed E-state index contributed by atoms with van der Waals surface area (Å²) in [5.74, 6) is -0.541. The molecular formula is C25H29N3O3. The molecule has 162 valence electrons. The molecule has 2 N–H and O–H groups in total. The third-order valence-electron chi connectivity index (χ3n) is 6.41. The molecule has 2 aromatic rings. The minimum absolute atomic E-state index is 0.00719. The highest BCUT2D eigenvalue weighted by Gasteiger charge is 2.45. The number of nitrogens with zero attached hydrogens (tertiary/aromatic N) is 1. The van der Waals surface area contributed by atoms with Crippen LogP contribution in [-0.2, 0) is 22.6 Å². The number of nitrogens with one attached hydrogen (secondary N) is 2. The van der Waals surface area contributed by atoms with E-state index >= 15 is 0 Å². The monoisotopic (exact) mass is 419 g/mol. The first-order chi connectivity index (χ1) is 15.0. The fraction of sp³-hybridized carbons (Fsp3) is 0.400. The Kier molecular flexibility index (Phi) is 6.35. The molecule has 1 aliphatic heterocycles. The SMILES string of the molecule is Cc1ccc(CNC(=O)C2CCC3C(=O)N(CCc4ccccc4)C(=O)NC3C2)cc1. The third-order valence-corrected chi connectivity index (χ3v) is 6.41. The number of hydrogen-bond acceptors (Lipinski definition) is 3. The second-order valence-electron chi connectivity index (χ2n) is 8.60. The van der Waals surface area contributed by atoms with Gasteiger partial charge in [0.1, 0.15) is 0 Å². The van der Waals surface area contributed by atoms with Gasteiger partial charge in [0.25, 0.3) is 0 Å². The quantitative estimate of drug-likeness (QED) is 0.755. The van der Waals surface area contributed by atoms with Crippen molar-refractivity contribution < 1.29 is 14.4 Å². The van der Waals surface area contributed by atoms with E-state index in [-0.39, 0.29) is 35.7 Å². The zero-order valence-corrected chi connectivity index (χ0v) is 17.8. The summed E-state index contributed by atoms with van der Waals surface area (Å²) in [7, 11) is 0. The lowest BCUT2D eigenvalue weighted by atomic mass is 9.76. The Morgan fingerprint density at radius 2 is 1.77 bits per heavy atom. The van der Waals surface area contributed by atoms with E-state index in [2.05, 4.69) is 10.6 Å². The number of hydrogen-bond donors (Lipinski definition) is 2. The number of urea groups is 1. The van der Waals surface area contributed by atoms with Gasteiger partial charge >= 0.3 is 6.03 Å². The molecule has 0 radical (unpaired) electrons. The van der Waals surface area contributed by atoms with Gasteiger partial charge < -0.3 is 10.6 Å². The molecule has 1 saturated heterocycles. The zero-order chi connectivity index (χ0) is 21.8. The topological polar surface area (TPSA) is 78.5 Å². The van der Waals surface area contributed by atoms with Crippen molar-refractivity contribution in [1.29, 1.82) is 0 Å². The molecule has 1 heterocycles. The lowest BCUT2D eigenvalue weighted by molar-refractivity contribution is -0.139. The molecule has 31 heavy (non-hydrogen) atoms. The van der Waals surface area contributed by atoms with E-state index in [1.165, 1.54) is 10.5 Å². The second kappa shape index (κ2) is 9.33. The molecule has 2 aliphatic rings. The maximum Gasteiger partial charge on any atom is 0.324 e. The Morgan fingerprint density at radius 1 is 1.03 bits per heavy atom. The molecule has 0 aromatic heterocycles. The van der Waals surface area contributed by atoms with Gasteiger partial charge in [-0.25, -0.2) is 4.79 Å². The van der Waals surface area contributed by atoms with Crippen molar-refractivity contribution in [3.63, 3.8) is 0 Å². The van der Waals surface area contributed by atoms with Crippen LogP contribution in [0.5, 0.6) is 0 Å². The maximum atomic E-state index is 13.0. The summed E-state index contributed by atoms with van der Waals surface area (Å²) in [6.07, 6.45) is 2.43. The van der Waals surface area contributed by atoms with E-state index in [1.807, 2.05) is 61.5 Å². The van der Waals surface area contributed by atoms with Crippen LogP contribution in [-0.4, -0.2) is 35.3 Å². The van der Waals surface area contributed by atoms with Gasteiger partial charge in [-0.3, -0.25) is 14.5 Å². The minimum atomic E-state index is -0.345. The van der Waals surface area contributed by atoms with Gasteiger partial charge in [-0.1, -0.05) is 60.2 Å². The molecular weight excluding hydrogens is 390 g/mol. The average Bonchev–Trinajstić information content (AvgIpc) is 2.78. The fourth-order valence-electron chi connectivity index (χ4n) is 4.54. The fourth-order valence-corrected chi connectivity index (χ4v) is 4.54. The Morgan fingerprint density at radius 3 is 2.52 bits per heavy atom. The largest absolute Gasteiger partial charge is 0.352 e. The van der Waals surface area contributed by atoms with Gasteiger partial charge in [-0.15, -0.1) is 0 Å². The highest BCUT2D eigenvalue weighted by Crippen LogP contribution is 2.33. The molecule has 4 amide bonds. The predicted octanol–water partition coefficient (Wildman–Crippen LogP) is 3.19. The number of amides is 4. The number of imide groups is 1. The van der Waals surface area contributed by atoms with Crippen LogP contribution < -0.4 is 10.6 Å². The summed E-state index contributed by atoms with van der Waals surface area (Å²) in [6.45, 7) is 2.89. The summed E-state index contributed by atoms with van der Waals surface area (Å²) in [4.78, 5) is 39.6. The van der Waals surface area contributed by atoms with Crippen molar-refractivity contribution in [1.82, 2.24) is 15.5 Å². The van der Waals surface area contributed by atoms with Crippen LogP contribution >= 0.6 is 0 Å². The molecule has 1 aliphatic carbocycles. The molecule has 0 spiro atoms. The number of carbonyl (C=O) groups is 3. The third kappa shape index (κ3) is 4.95. The van der Waals surface area contributed by atoms with Gasteiger partial charge in [0.15, 0.2) is 0 Å². The number of rotatable bonds is 6. The Balaban J connectivity index is 1.31. The van der Waals surface area contributed by atoms with E-state index in [9.17, 15) is 14.4 Å². The molecule has 2 fully saturated rings. The highest BCUT2D eigenvalue weighted by molar-refractivity contribution is 5.99. The standard InChI is InChI=1S/C25H29N3O3/c1-17-7-9-19(10-8-17)16-26-23(29)20-11-12-21-22(15-20)27-25(31)28(24(21)30)14-13-18-5-3-2-4-6-18/h2-10,20-22H,11-16H2,1H3,(H,26,29)(H,27,31). The number of fused-ring (bicyclic) bond motifs is 1. The molecule has 1 saturated carbocycles. The number of benzene rings is 2. The van der Waals surface area contributed by atoms with Gasteiger partial charge in [0, 0.05) is 25.0 Å². The summed E-state index contributed by atoms with van der Waals surface area (Å²) in [5.41, 5.74) is 3.34. The Hall–Kier alpha value is -3.15. The summed E-state index contributed by atoms with van der Waals surface area (Å²) >= 11 is 0. The minimum Gasteiger partial charge on any atom is -0.352 e. The highest BCUT2D eigenvalue weighted by atomic mass is 16.2. The average molecular weight is 420 g/mol.